The molecule has 82 valence electrons. The van der Waals surface area contributed by atoms with Crippen molar-refractivity contribution in [3.63, 3.8) is 0 Å². The summed E-state index contributed by atoms with van der Waals surface area (Å²) in [5, 5.41) is 0. The van der Waals surface area contributed by atoms with Crippen molar-refractivity contribution in [3.05, 3.63) is 71.3 Å². The first kappa shape index (κ1) is 10.8. The Labute approximate surface area is 93.5 Å². The maximum absolute atomic E-state index is 13.6. The highest BCUT2D eigenvalue weighted by Gasteiger charge is 2.15. The molecule has 0 amide bonds. The van der Waals surface area contributed by atoms with E-state index in [9.17, 15) is 8.78 Å². The maximum Gasteiger partial charge on any atom is 0.162 e. The van der Waals surface area contributed by atoms with E-state index in [-0.39, 0.29) is 5.92 Å². The summed E-state index contributed by atoms with van der Waals surface area (Å²) in [5.41, 5.74) is 1.37. The zero-order valence-electron chi connectivity index (χ0n) is 8.95. The Morgan fingerprint density at radius 1 is 0.875 bits per heavy atom. The Balaban J connectivity index is 2.42. The van der Waals surface area contributed by atoms with Crippen LogP contribution in [0, 0.1) is 11.6 Å². The van der Waals surface area contributed by atoms with Gasteiger partial charge >= 0.3 is 0 Å². The SMILES string of the molecule is CC(c1ccccc1)c1cccc(F)c1F. The van der Waals surface area contributed by atoms with Gasteiger partial charge in [-0.3, -0.25) is 0 Å². The summed E-state index contributed by atoms with van der Waals surface area (Å²) in [4.78, 5) is 0. The van der Waals surface area contributed by atoms with E-state index in [2.05, 4.69) is 0 Å². The zero-order valence-corrected chi connectivity index (χ0v) is 8.95. The first-order valence-electron chi connectivity index (χ1n) is 5.19. The molecule has 0 N–H and O–H groups in total. The number of halogens is 2. The molecule has 0 aliphatic rings. The second-order valence-electron chi connectivity index (χ2n) is 3.78. The second kappa shape index (κ2) is 4.44. The van der Waals surface area contributed by atoms with E-state index in [0.717, 1.165) is 11.6 Å². The molecule has 0 heterocycles. The number of hydrogen-bond donors (Lipinski definition) is 0. The molecule has 0 nitrogen and oxygen atoms in total. The van der Waals surface area contributed by atoms with E-state index in [0.29, 0.717) is 5.56 Å². The molecule has 16 heavy (non-hydrogen) atoms. The molecule has 0 aliphatic heterocycles. The smallest absolute Gasteiger partial charge is 0.162 e. The van der Waals surface area contributed by atoms with Crippen LogP contribution in [0.3, 0.4) is 0 Å². The molecule has 0 aliphatic carbocycles. The fraction of sp³-hybridized carbons (Fsp3) is 0.143. The van der Waals surface area contributed by atoms with Gasteiger partial charge in [-0.15, -0.1) is 0 Å². The molecule has 1 unspecified atom stereocenters. The van der Waals surface area contributed by atoms with E-state index < -0.39 is 11.6 Å². The van der Waals surface area contributed by atoms with Crippen molar-refractivity contribution in [2.45, 2.75) is 12.8 Å². The number of benzene rings is 2. The third-order valence-corrected chi connectivity index (χ3v) is 2.75. The van der Waals surface area contributed by atoms with Crippen LogP contribution in [0.5, 0.6) is 0 Å². The quantitative estimate of drug-likeness (QED) is 0.711. The molecule has 0 saturated heterocycles. The molecule has 0 fully saturated rings. The lowest BCUT2D eigenvalue weighted by molar-refractivity contribution is 0.496. The van der Waals surface area contributed by atoms with Crippen molar-refractivity contribution in [2.75, 3.05) is 0 Å². The predicted molar refractivity (Wildman–Crippen MR) is 60.3 cm³/mol. The summed E-state index contributed by atoms with van der Waals surface area (Å²) in [6.45, 7) is 1.87. The Kier molecular flexibility index (Phi) is 3.00. The normalized spacial score (nSPS) is 12.4. The first-order valence-corrected chi connectivity index (χ1v) is 5.19. The molecule has 2 rings (SSSR count). The molecule has 0 radical (unpaired) electrons. The minimum absolute atomic E-state index is 0.142. The van der Waals surface area contributed by atoms with Gasteiger partial charge in [0.2, 0.25) is 0 Å². The van der Waals surface area contributed by atoms with Gasteiger partial charge in [0.1, 0.15) is 0 Å². The van der Waals surface area contributed by atoms with E-state index in [1.165, 1.54) is 6.07 Å². The fourth-order valence-corrected chi connectivity index (χ4v) is 1.78. The molecule has 2 aromatic carbocycles. The van der Waals surface area contributed by atoms with E-state index in [1.807, 2.05) is 37.3 Å². The van der Waals surface area contributed by atoms with Crippen LogP contribution in [0.1, 0.15) is 24.0 Å². The van der Waals surface area contributed by atoms with Crippen LogP contribution in [0.25, 0.3) is 0 Å². The van der Waals surface area contributed by atoms with Gasteiger partial charge in [-0.2, -0.15) is 0 Å². The maximum atomic E-state index is 13.6. The molecular weight excluding hydrogens is 206 g/mol. The van der Waals surface area contributed by atoms with Gasteiger partial charge in [-0.25, -0.2) is 8.78 Å². The summed E-state index contributed by atoms with van der Waals surface area (Å²) >= 11 is 0. The predicted octanol–water partition coefficient (Wildman–Crippen LogP) is 4.12. The highest BCUT2D eigenvalue weighted by atomic mass is 19.2. The van der Waals surface area contributed by atoms with Crippen molar-refractivity contribution >= 4 is 0 Å². The monoisotopic (exact) mass is 218 g/mol. The summed E-state index contributed by atoms with van der Waals surface area (Å²) in [6, 6.07) is 13.8. The van der Waals surface area contributed by atoms with Gasteiger partial charge in [0.25, 0.3) is 0 Å². The van der Waals surface area contributed by atoms with Crippen LogP contribution in [0.2, 0.25) is 0 Å². The van der Waals surface area contributed by atoms with E-state index in [1.54, 1.807) is 6.07 Å². The Morgan fingerprint density at radius 3 is 2.25 bits per heavy atom. The van der Waals surface area contributed by atoms with Crippen molar-refractivity contribution in [3.8, 4) is 0 Å². The van der Waals surface area contributed by atoms with Gasteiger partial charge in [-0.05, 0) is 17.2 Å². The van der Waals surface area contributed by atoms with Gasteiger partial charge in [0.15, 0.2) is 11.6 Å². The molecule has 2 aromatic rings. The second-order valence-corrected chi connectivity index (χ2v) is 3.78. The molecule has 0 bridgehead atoms. The lowest BCUT2D eigenvalue weighted by Crippen LogP contribution is -2.01. The standard InChI is InChI=1S/C14H12F2/c1-10(11-6-3-2-4-7-11)12-8-5-9-13(15)14(12)16/h2-10H,1H3. The minimum atomic E-state index is -0.791. The van der Waals surface area contributed by atoms with E-state index >= 15 is 0 Å². The molecule has 1 atom stereocenters. The number of hydrogen-bond acceptors (Lipinski definition) is 0. The van der Waals surface area contributed by atoms with Crippen molar-refractivity contribution in [2.24, 2.45) is 0 Å². The molecule has 0 spiro atoms. The van der Waals surface area contributed by atoms with Crippen LogP contribution < -0.4 is 0 Å². The summed E-state index contributed by atoms with van der Waals surface area (Å²) in [6.07, 6.45) is 0. The number of rotatable bonds is 2. The topological polar surface area (TPSA) is 0 Å². The average molecular weight is 218 g/mol. The third-order valence-electron chi connectivity index (χ3n) is 2.75. The van der Waals surface area contributed by atoms with E-state index in [4.69, 9.17) is 0 Å². The third kappa shape index (κ3) is 1.96. The Bertz CT molecular complexity index is 477. The highest BCUT2D eigenvalue weighted by Crippen LogP contribution is 2.26. The van der Waals surface area contributed by atoms with Gasteiger partial charge in [0, 0.05) is 5.92 Å². The van der Waals surface area contributed by atoms with Crippen molar-refractivity contribution < 1.29 is 8.78 Å². The lowest BCUT2D eigenvalue weighted by Gasteiger charge is -2.13. The summed E-state index contributed by atoms with van der Waals surface area (Å²) in [7, 11) is 0. The summed E-state index contributed by atoms with van der Waals surface area (Å²) in [5.74, 6) is -1.68. The highest BCUT2D eigenvalue weighted by molar-refractivity contribution is 5.32. The van der Waals surface area contributed by atoms with Crippen LogP contribution in [0.15, 0.2) is 48.5 Å². The molecule has 0 saturated carbocycles. The fourth-order valence-electron chi connectivity index (χ4n) is 1.78. The van der Waals surface area contributed by atoms with Crippen LogP contribution in [0.4, 0.5) is 8.78 Å². The van der Waals surface area contributed by atoms with Crippen molar-refractivity contribution in [1.29, 1.82) is 0 Å². The van der Waals surface area contributed by atoms with Gasteiger partial charge in [0.05, 0.1) is 0 Å². The van der Waals surface area contributed by atoms with Crippen molar-refractivity contribution in [1.82, 2.24) is 0 Å². The average Bonchev–Trinajstić information content (AvgIpc) is 2.33. The van der Waals surface area contributed by atoms with Crippen LogP contribution in [-0.2, 0) is 0 Å². The Morgan fingerprint density at radius 2 is 1.56 bits per heavy atom. The first-order chi connectivity index (χ1) is 7.70. The molecule has 0 aromatic heterocycles. The Hall–Kier alpha value is -1.70. The molecular formula is C14H12F2. The largest absolute Gasteiger partial charge is 0.204 e. The van der Waals surface area contributed by atoms with Gasteiger partial charge < -0.3 is 0 Å². The lowest BCUT2D eigenvalue weighted by atomic mass is 9.93. The summed E-state index contributed by atoms with van der Waals surface area (Å²) < 4.78 is 26.6. The van der Waals surface area contributed by atoms with Crippen LogP contribution in [-0.4, -0.2) is 0 Å². The van der Waals surface area contributed by atoms with Gasteiger partial charge in [-0.1, -0.05) is 49.4 Å². The molecule has 2 heteroatoms. The van der Waals surface area contributed by atoms with Crippen LogP contribution >= 0.6 is 0 Å². The minimum Gasteiger partial charge on any atom is -0.204 e. The zero-order chi connectivity index (χ0) is 11.5.